The van der Waals surface area contributed by atoms with Crippen LogP contribution in [-0.4, -0.2) is 19.9 Å². The highest BCUT2D eigenvalue weighted by atomic mass is 14.9. The minimum Gasteiger partial charge on any atom is -0.346 e. The number of fused-ring (bicyclic) bond motifs is 2. The molecule has 2 aliphatic carbocycles. The molecule has 0 saturated carbocycles. The number of H-pyrrole nitrogens is 1. The van der Waals surface area contributed by atoms with Gasteiger partial charge in [0.25, 0.3) is 0 Å². The van der Waals surface area contributed by atoms with Gasteiger partial charge in [0.15, 0.2) is 5.82 Å². The molecule has 3 aliphatic rings. The van der Waals surface area contributed by atoms with Gasteiger partial charge in [0.2, 0.25) is 0 Å². The first-order valence-corrected chi connectivity index (χ1v) is 6.62. The summed E-state index contributed by atoms with van der Waals surface area (Å²) in [5.41, 5.74) is 5.28. The first-order chi connectivity index (χ1) is 9.42. The highest BCUT2D eigenvalue weighted by Crippen LogP contribution is 2.29. The van der Waals surface area contributed by atoms with E-state index < -0.39 is 0 Å². The predicted molar refractivity (Wildman–Crippen MR) is 71.7 cm³/mol. The van der Waals surface area contributed by atoms with Crippen molar-refractivity contribution in [1.82, 2.24) is 19.9 Å². The molecular weight excluding hydrogens is 236 g/mol. The number of nitrogens with zero attached hydrogens (tertiary/aromatic N) is 3. The molecule has 0 unspecified atom stereocenters. The van der Waals surface area contributed by atoms with Gasteiger partial charge in [-0.15, -0.1) is 0 Å². The molecule has 4 heteroatoms. The molecule has 1 N–H and O–H groups in total. The van der Waals surface area contributed by atoms with Crippen LogP contribution in [0.5, 0.6) is 0 Å². The molecule has 0 saturated heterocycles. The van der Waals surface area contributed by atoms with Crippen LogP contribution in [0.4, 0.5) is 0 Å². The summed E-state index contributed by atoms with van der Waals surface area (Å²) in [6.07, 6.45) is 9.36. The Morgan fingerprint density at radius 1 is 1.16 bits per heavy atom. The highest BCUT2D eigenvalue weighted by molar-refractivity contribution is 5.77. The Morgan fingerprint density at radius 3 is 3.11 bits per heavy atom. The molecule has 1 aliphatic heterocycles. The van der Waals surface area contributed by atoms with E-state index in [1.54, 1.807) is 6.33 Å². The summed E-state index contributed by atoms with van der Waals surface area (Å²) in [5, 5.41) is 0. The van der Waals surface area contributed by atoms with Crippen molar-refractivity contribution in [3.05, 3.63) is 42.0 Å². The Hall–Kier alpha value is -2.23. The molecule has 93 valence electrons. The van der Waals surface area contributed by atoms with Gasteiger partial charge < -0.3 is 4.98 Å². The van der Waals surface area contributed by atoms with E-state index in [1.165, 1.54) is 18.4 Å². The van der Waals surface area contributed by atoms with Gasteiger partial charge in [0, 0.05) is 22.5 Å². The summed E-state index contributed by atoms with van der Waals surface area (Å²) in [7, 11) is 0. The maximum atomic E-state index is 4.69. The van der Waals surface area contributed by atoms with Gasteiger partial charge in [-0.05, 0) is 31.7 Å². The Labute approximate surface area is 111 Å². The number of hydrogen-bond acceptors (Lipinski definition) is 3. The summed E-state index contributed by atoms with van der Waals surface area (Å²) in [6, 6.07) is 6.08. The monoisotopic (exact) mass is 249 g/mol. The van der Waals surface area contributed by atoms with Crippen molar-refractivity contribution in [2.75, 3.05) is 0 Å². The van der Waals surface area contributed by atoms with E-state index in [-0.39, 0.29) is 0 Å². The van der Waals surface area contributed by atoms with Crippen LogP contribution in [0, 0.1) is 6.20 Å². The zero-order valence-corrected chi connectivity index (χ0v) is 10.5. The molecule has 0 amide bonds. The number of aryl methyl sites for hydroxylation is 2. The molecule has 1 radical (unpaired) electrons. The third-order valence-electron chi connectivity index (χ3n) is 3.67. The minimum atomic E-state index is 0.686. The van der Waals surface area contributed by atoms with E-state index in [9.17, 15) is 0 Å². The third-order valence-corrected chi connectivity index (χ3v) is 3.67. The zero-order chi connectivity index (χ0) is 12.7. The Morgan fingerprint density at radius 2 is 2.11 bits per heavy atom. The van der Waals surface area contributed by atoms with Crippen LogP contribution in [0.3, 0.4) is 0 Å². The number of hydrogen-bond donors (Lipinski definition) is 1. The molecule has 0 aromatic carbocycles. The van der Waals surface area contributed by atoms with E-state index in [0.717, 1.165) is 35.5 Å². The lowest BCUT2D eigenvalue weighted by Gasteiger charge is -2.14. The van der Waals surface area contributed by atoms with Crippen molar-refractivity contribution in [3.8, 4) is 22.8 Å². The van der Waals surface area contributed by atoms with Crippen molar-refractivity contribution in [1.29, 1.82) is 0 Å². The van der Waals surface area contributed by atoms with Gasteiger partial charge in [0.1, 0.15) is 5.69 Å². The quantitative estimate of drug-likeness (QED) is 0.721. The molecule has 0 fully saturated rings. The van der Waals surface area contributed by atoms with Gasteiger partial charge in [0.05, 0.1) is 12.5 Å². The summed E-state index contributed by atoms with van der Waals surface area (Å²) >= 11 is 0. The average Bonchev–Trinajstić information content (AvgIpc) is 2.95. The standard InChI is InChI=1S/C15H13N4/c1-2-6-12-10(4-1)8-16-15(19-12)14-11-5-3-7-13(11)17-9-18-14/h3,5,7,9H,1-2,4,6H2,(H,17,18). The fraction of sp³-hybridized carbons (Fsp3) is 0.267. The van der Waals surface area contributed by atoms with Crippen molar-refractivity contribution in [2.24, 2.45) is 0 Å². The van der Waals surface area contributed by atoms with Crippen LogP contribution in [0.25, 0.3) is 22.8 Å². The smallest absolute Gasteiger partial charge is 0.179 e. The minimum absolute atomic E-state index is 0.686. The van der Waals surface area contributed by atoms with E-state index >= 15 is 0 Å². The molecule has 1 aromatic rings. The maximum absolute atomic E-state index is 4.69. The zero-order valence-electron chi connectivity index (χ0n) is 10.5. The molecule has 0 bridgehead atoms. The fourth-order valence-corrected chi connectivity index (χ4v) is 2.68. The van der Waals surface area contributed by atoms with Crippen molar-refractivity contribution in [3.63, 3.8) is 0 Å². The summed E-state index contributed by atoms with van der Waals surface area (Å²) < 4.78 is 0. The summed E-state index contributed by atoms with van der Waals surface area (Å²) in [4.78, 5) is 16.6. The first kappa shape index (κ1) is 10.7. The second-order valence-electron chi connectivity index (χ2n) is 4.90. The molecule has 2 heterocycles. The van der Waals surface area contributed by atoms with Gasteiger partial charge in [-0.1, -0.05) is 12.1 Å². The predicted octanol–water partition coefficient (Wildman–Crippen LogP) is 2.65. The molecule has 0 atom stereocenters. The Balaban J connectivity index is 1.86. The number of aromatic amines is 1. The van der Waals surface area contributed by atoms with Crippen molar-refractivity contribution in [2.45, 2.75) is 25.7 Å². The SMILES string of the molecule is [c]1nc(-c2nc[nH]c3cccc2-3)nc2c1CCCC2. The molecule has 4 rings (SSSR count). The van der Waals surface area contributed by atoms with Crippen LogP contribution in [-0.2, 0) is 12.8 Å². The van der Waals surface area contributed by atoms with Gasteiger partial charge in [-0.25, -0.2) is 15.0 Å². The van der Waals surface area contributed by atoms with Crippen LogP contribution < -0.4 is 0 Å². The topological polar surface area (TPSA) is 54.5 Å². The highest BCUT2D eigenvalue weighted by Gasteiger charge is 2.17. The first-order valence-electron chi connectivity index (χ1n) is 6.62. The van der Waals surface area contributed by atoms with Crippen LogP contribution >= 0.6 is 0 Å². The third kappa shape index (κ3) is 1.71. The largest absolute Gasteiger partial charge is 0.346 e. The lowest BCUT2D eigenvalue weighted by Crippen LogP contribution is -2.08. The normalized spacial score (nSPS) is 14.5. The van der Waals surface area contributed by atoms with E-state index in [4.69, 9.17) is 4.98 Å². The fourth-order valence-electron chi connectivity index (χ4n) is 2.68. The summed E-state index contributed by atoms with van der Waals surface area (Å²) in [6.45, 7) is 0. The van der Waals surface area contributed by atoms with E-state index in [1.807, 2.05) is 18.2 Å². The number of nitrogens with one attached hydrogen (secondary N) is 1. The van der Waals surface area contributed by atoms with Gasteiger partial charge in [-0.3, -0.25) is 0 Å². The van der Waals surface area contributed by atoms with E-state index in [0.29, 0.717) is 5.82 Å². The Bertz CT molecular complexity index is 701. The maximum Gasteiger partial charge on any atom is 0.179 e. The van der Waals surface area contributed by atoms with Gasteiger partial charge >= 0.3 is 0 Å². The summed E-state index contributed by atoms with van der Waals surface area (Å²) in [5.74, 6) is 0.686. The molecular formula is C15H13N4. The van der Waals surface area contributed by atoms with Crippen LogP contribution in [0.1, 0.15) is 24.1 Å². The van der Waals surface area contributed by atoms with Gasteiger partial charge in [-0.2, -0.15) is 0 Å². The number of rotatable bonds is 1. The second-order valence-corrected chi connectivity index (χ2v) is 4.90. The van der Waals surface area contributed by atoms with E-state index in [2.05, 4.69) is 21.1 Å². The lowest BCUT2D eigenvalue weighted by atomic mass is 9.97. The second kappa shape index (κ2) is 4.16. The molecule has 0 spiro atoms. The lowest BCUT2D eigenvalue weighted by molar-refractivity contribution is 0.662. The Kier molecular flexibility index (Phi) is 2.33. The van der Waals surface area contributed by atoms with Crippen molar-refractivity contribution < 1.29 is 0 Å². The number of aromatic nitrogens is 4. The molecule has 1 aromatic heterocycles. The average molecular weight is 249 g/mol. The van der Waals surface area contributed by atoms with Crippen molar-refractivity contribution >= 4 is 0 Å². The molecule has 4 nitrogen and oxygen atoms in total. The molecule has 19 heavy (non-hydrogen) atoms. The van der Waals surface area contributed by atoms with Crippen LogP contribution in [0.15, 0.2) is 24.5 Å². The van der Waals surface area contributed by atoms with Crippen LogP contribution in [0.2, 0.25) is 0 Å².